The van der Waals surface area contributed by atoms with E-state index < -0.39 is 0 Å². The molecule has 1 heterocycles. The highest BCUT2D eigenvalue weighted by atomic mass is 79.9. The van der Waals surface area contributed by atoms with E-state index in [1.165, 1.54) is 48.2 Å². The van der Waals surface area contributed by atoms with Crippen molar-refractivity contribution in [2.24, 2.45) is 0 Å². The minimum absolute atomic E-state index is 1.06. The average molecular weight is 326 g/mol. The lowest BCUT2D eigenvalue weighted by atomic mass is 10.2. The number of piperazine rings is 1. The quantitative estimate of drug-likeness (QED) is 0.787. The van der Waals surface area contributed by atoms with Crippen LogP contribution in [0.5, 0.6) is 0 Å². The summed E-state index contributed by atoms with van der Waals surface area (Å²) in [6.45, 7) is 9.12. The van der Waals surface area contributed by atoms with Crippen molar-refractivity contribution in [2.75, 3.05) is 44.6 Å². The van der Waals surface area contributed by atoms with Gasteiger partial charge in [0.1, 0.15) is 0 Å². The van der Waals surface area contributed by atoms with E-state index in [1.54, 1.807) is 0 Å². The van der Waals surface area contributed by atoms with E-state index in [0.717, 1.165) is 19.6 Å². The van der Waals surface area contributed by atoms with E-state index in [0.29, 0.717) is 0 Å². The molecule has 0 radical (unpaired) electrons. The van der Waals surface area contributed by atoms with Gasteiger partial charge in [-0.25, -0.2) is 0 Å². The van der Waals surface area contributed by atoms with Gasteiger partial charge in [0, 0.05) is 42.9 Å². The maximum atomic E-state index is 3.57. The lowest BCUT2D eigenvalue weighted by Crippen LogP contribution is -2.43. The SMILES string of the molecule is Cc1ccc(NCCCCN2CCNCC2)cc1Br. The summed E-state index contributed by atoms with van der Waals surface area (Å²) in [5.41, 5.74) is 2.49. The third-order valence-electron chi connectivity index (χ3n) is 3.61. The Kier molecular flexibility index (Phi) is 6.14. The molecule has 0 spiro atoms. The van der Waals surface area contributed by atoms with Gasteiger partial charge in [0.15, 0.2) is 0 Å². The van der Waals surface area contributed by atoms with Crippen LogP contribution in [0.1, 0.15) is 18.4 Å². The first kappa shape index (κ1) is 14.8. The second kappa shape index (κ2) is 7.88. The monoisotopic (exact) mass is 325 g/mol. The number of nitrogens with zero attached hydrogens (tertiary/aromatic N) is 1. The van der Waals surface area contributed by atoms with Crippen LogP contribution in [0, 0.1) is 6.92 Å². The predicted molar refractivity (Wildman–Crippen MR) is 85.9 cm³/mol. The van der Waals surface area contributed by atoms with E-state index in [-0.39, 0.29) is 0 Å². The van der Waals surface area contributed by atoms with Gasteiger partial charge in [0.25, 0.3) is 0 Å². The summed E-state index contributed by atoms with van der Waals surface area (Å²) in [5.74, 6) is 0. The number of rotatable bonds is 6. The van der Waals surface area contributed by atoms with Crippen molar-refractivity contribution in [3.8, 4) is 0 Å². The molecule has 1 aliphatic heterocycles. The van der Waals surface area contributed by atoms with Gasteiger partial charge in [-0.1, -0.05) is 22.0 Å². The standard InChI is InChI=1S/C15H24BrN3/c1-13-4-5-14(12-15(13)16)18-6-2-3-9-19-10-7-17-8-11-19/h4-5,12,17-18H,2-3,6-11H2,1H3. The van der Waals surface area contributed by atoms with E-state index in [9.17, 15) is 0 Å². The van der Waals surface area contributed by atoms with Gasteiger partial charge in [0.2, 0.25) is 0 Å². The highest BCUT2D eigenvalue weighted by Crippen LogP contribution is 2.20. The van der Waals surface area contributed by atoms with Gasteiger partial charge in [-0.15, -0.1) is 0 Å². The number of unbranched alkanes of at least 4 members (excludes halogenated alkanes) is 1. The fraction of sp³-hybridized carbons (Fsp3) is 0.600. The molecule has 1 fully saturated rings. The first-order valence-electron chi connectivity index (χ1n) is 7.19. The normalized spacial score (nSPS) is 16.5. The second-order valence-corrected chi connectivity index (χ2v) is 6.04. The van der Waals surface area contributed by atoms with Crippen LogP contribution in [0.25, 0.3) is 0 Å². The summed E-state index contributed by atoms with van der Waals surface area (Å²) in [6, 6.07) is 6.45. The van der Waals surface area contributed by atoms with Crippen LogP contribution >= 0.6 is 15.9 Å². The van der Waals surface area contributed by atoms with Gasteiger partial charge in [0.05, 0.1) is 0 Å². The molecular formula is C15H24BrN3. The molecule has 0 atom stereocenters. The van der Waals surface area contributed by atoms with Crippen molar-refractivity contribution in [2.45, 2.75) is 19.8 Å². The lowest BCUT2D eigenvalue weighted by Gasteiger charge is -2.27. The topological polar surface area (TPSA) is 27.3 Å². The molecule has 19 heavy (non-hydrogen) atoms. The Morgan fingerprint density at radius 2 is 2.05 bits per heavy atom. The summed E-state index contributed by atoms with van der Waals surface area (Å²) in [4.78, 5) is 2.55. The van der Waals surface area contributed by atoms with E-state index >= 15 is 0 Å². The molecule has 1 aromatic rings. The molecule has 0 amide bonds. The number of aryl methyl sites for hydroxylation is 1. The zero-order valence-electron chi connectivity index (χ0n) is 11.7. The molecule has 0 unspecified atom stereocenters. The molecule has 0 aliphatic carbocycles. The Balaban J connectivity index is 1.59. The number of halogens is 1. The second-order valence-electron chi connectivity index (χ2n) is 5.19. The first-order valence-corrected chi connectivity index (χ1v) is 7.98. The van der Waals surface area contributed by atoms with Gasteiger partial charge in [-0.05, 0) is 44.0 Å². The van der Waals surface area contributed by atoms with Crippen molar-refractivity contribution in [3.63, 3.8) is 0 Å². The fourth-order valence-corrected chi connectivity index (χ4v) is 2.71. The molecule has 2 N–H and O–H groups in total. The van der Waals surface area contributed by atoms with Gasteiger partial charge < -0.3 is 15.5 Å². The summed E-state index contributed by atoms with van der Waals surface area (Å²) < 4.78 is 1.18. The Hall–Kier alpha value is -0.580. The van der Waals surface area contributed by atoms with Crippen LogP contribution in [0.3, 0.4) is 0 Å². The van der Waals surface area contributed by atoms with Crippen LogP contribution in [-0.4, -0.2) is 44.2 Å². The van der Waals surface area contributed by atoms with E-state index in [2.05, 4.69) is 56.6 Å². The Bertz CT molecular complexity index is 389. The van der Waals surface area contributed by atoms with Crippen LogP contribution < -0.4 is 10.6 Å². The Labute approximate surface area is 124 Å². The molecule has 1 aromatic carbocycles. The third-order valence-corrected chi connectivity index (χ3v) is 4.47. The van der Waals surface area contributed by atoms with Crippen molar-refractivity contribution in [3.05, 3.63) is 28.2 Å². The molecule has 0 aromatic heterocycles. The average Bonchev–Trinajstić information content (AvgIpc) is 2.43. The Morgan fingerprint density at radius 3 is 2.79 bits per heavy atom. The molecule has 3 nitrogen and oxygen atoms in total. The maximum Gasteiger partial charge on any atom is 0.0351 e. The lowest BCUT2D eigenvalue weighted by molar-refractivity contribution is 0.237. The summed E-state index contributed by atoms with van der Waals surface area (Å²) in [7, 11) is 0. The first-order chi connectivity index (χ1) is 9.25. The molecule has 0 saturated carbocycles. The van der Waals surface area contributed by atoms with Gasteiger partial charge in [-0.3, -0.25) is 0 Å². The number of nitrogens with one attached hydrogen (secondary N) is 2. The highest BCUT2D eigenvalue weighted by molar-refractivity contribution is 9.10. The largest absolute Gasteiger partial charge is 0.385 e. The molecule has 1 saturated heterocycles. The summed E-state index contributed by atoms with van der Waals surface area (Å²) >= 11 is 3.57. The fourth-order valence-electron chi connectivity index (χ4n) is 2.33. The molecule has 106 valence electrons. The minimum atomic E-state index is 1.06. The van der Waals surface area contributed by atoms with E-state index in [4.69, 9.17) is 0 Å². The zero-order valence-corrected chi connectivity index (χ0v) is 13.3. The number of hydrogen-bond donors (Lipinski definition) is 2. The number of anilines is 1. The van der Waals surface area contributed by atoms with Crippen molar-refractivity contribution < 1.29 is 0 Å². The molecule has 4 heteroatoms. The van der Waals surface area contributed by atoms with Crippen molar-refractivity contribution in [1.82, 2.24) is 10.2 Å². The smallest absolute Gasteiger partial charge is 0.0351 e. The molecule has 1 aliphatic rings. The minimum Gasteiger partial charge on any atom is -0.385 e. The van der Waals surface area contributed by atoms with Crippen molar-refractivity contribution in [1.29, 1.82) is 0 Å². The van der Waals surface area contributed by atoms with E-state index in [1.807, 2.05) is 0 Å². The van der Waals surface area contributed by atoms with Crippen LogP contribution in [-0.2, 0) is 0 Å². The van der Waals surface area contributed by atoms with Gasteiger partial charge >= 0.3 is 0 Å². The Morgan fingerprint density at radius 1 is 1.26 bits per heavy atom. The predicted octanol–water partition coefficient (Wildman–Crippen LogP) is 2.85. The number of benzene rings is 1. The third kappa shape index (κ3) is 5.13. The van der Waals surface area contributed by atoms with Crippen molar-refractivity contribution >= 4 is 21.6 Å². The van der Waals surface area contributed by atoms with Crippen LogP contribution in [0.4, 0.5) is 5.69 Å². The maximum absolute atomic E-state index is 3.57. The number of hydrogen-bond acceptors (Lipinski definition) is 3. The van der Waals surface area contributed by atoms with Crippen LogP contribution in [0.15, 0.2) is 22.7 Å². The summed E-state index contributed by atoms with van der Waals surface area (Å²) in [6.07, 6.45) is 2.51. The molecular weight excluding hydrogens is 302 g/mol. The molecule has 0 bridgehead atoms. The summed E-state index contributed by atoms with van der Waals surface area (Å²) in [5, 5.41) is 6.88. The zero-order chi connectivity index (χ0) is 13.5. The highest BCUT2D eigenvalue weighted by Gasteiger charge is 2.07. The van der Waals surface area contributed by atoms with Crippen LogP contribution in [0.2, 0.25) is 0 Å². The molecule has 2 rings (SSSR count). The van der Waals surface area contributed by atoms with Gasteiger partial charge in [-0.2, -0.15) is 0 Å².